The van der Waals surface area contributed by atoms with Crippen molar-refractivity contribution in [1.82, 2.24) is 10.3 Å². The smallest absolute Gasteiger partial charge is 0.252 e. The van der Waals surface area contributed by atoms with E-state index in [1.54, 1.807) is 12.1 Å². The minimum atomic E-state index is -0.108. The predicted molar refractivity (Wildman–Crippen MR) is 96.0 cm³/mol. The fourth-order valence-electron chi connectivity index (χ4n) is 3.00. The van der Waals surface area contributed by atoms with Crippen LogP contribution in [-0.4, -0.2) is 10.9 Å². The molecule has 3 aromatic rings. The fourth-order valence-corrected chi connectivity index (χ4v) is 3.00. The normalized spacial score (nSPS) is 13.4. The van der Waals surface area contributed by atoms with Gasteiger partial charge in [0.15, 0.2) is 0 Å². The van der Waals surface area contributed by atoms with Gasteiger partial charge in [-0.2, -0.15) is 5.26 Å². The van der Waals surface area contributed by atoms with E-state index in [9.17, 15) is 4.79 Å². The van der Waals surface area contributed by atoms with Crippen LogP contribution in [0.15, 0.2) is 54.6 Å². The van der Waals surface area contributed by atoms with Crippen molar-refractivity contribution in [2.75, 3.05) is 0 Å². The number of carbonyl (C=O) groups excluding carboxylic acids is 1. The molecule has 0 unspecified atom stereocenters. The summed E-state index contributed by atoms with van der Waals surface area (Å²) >= 11 is 0. The lowest BCUT2D eigenvalue weighted by Crippen LogP contribution is -2.23. The lowest BCUT2D eigenvalue weighted by molar-refractivity contribution is 0.0952. The monoisotopic (exact) mass is 327 g/mol. The minimum absolute atomic E-state index is 0.108. The Balaban J connectivity index is 1.62. The largest absolute Gasteiger partial charge is 0.348 e. The maximum absolute atomic E-state index is 12.8. The highest BCUT2D eigenvalue weighted by Gasteiger charge is 2.26. The van der Waals surface area contributed by atoms with Gasteiger partial charge in [0.05, 0.1) is 22.7 Å². The molecule has 4 rings (SSSR count). The van der Waals surface area contributed by atoms with Gasteiger partial charge < -0.3 is 5.32 Å². The van der Waals surface area contributed by atoms with Crippen LogP contribution in [0.2, 0.25) is 0 Å². The summed E-state index contributed by atoms with van der Waals surface area (Å²) in [7, 11) is 0. The molecule has 1 N–H and O–H groups in total. The topological polar surface area (TPSA) is 65.8 Å². The quantitative estimate of drug-likeness (QED) is 0.790. The Kier molecular flexibility index (Phi) is 3.91. The van der Waals surface area contributed by atoms with Gasteiger partial charge >= 0.3 is 0 Å². The van der Waals surface area contributed by atoms with Gasteiger partial charge in [-0.15, -0.1) is 0 Å². The van der Waals surface area contributed by atoms with E-state index in [0.29, 0.717) is 23.6 Å². The molecule has 2 aromatic carbocycles. The zero-order chi connectivity index (χ0) is 17.2. The van der Waals surface area contributed by atoms with Gasteiger partial charge in [0.1, 0.15) is 0 Å². The van der Waals surface area contributed by atoms with Crippen LogP contribution in [0.3, 0.4) is 0 Å². The van der Waals surface area contributed by atoms with Crippen LogP contribution in [0.4, 0.5) is 0 Å². The summed E-state index contributed by atoms with van der Waals surface area (Å²) in [5.41, 5.74) is 4.05. The van der Waals surface area contributed by atoms with Gasteiger partial charge in [-0.1, -0.05) is 30.3 Å². The summed E-state index contributed by atoms with van der Waals surface area (Å²) in [5.74, 6) is 0.381. The second-order valence-electron chi connectivity index (χ2n) is 6.38. The lowest BCUT2D eigenvalue weighted by Gasteiger charge is -2.10. The predicted octanol–water partition coefficient (Wildman–Crippen LogP) is 3.91. The second-order valence-corrected chi connectivity index (χ2v) is 6.38. The molecule has 1 heterocycles. The molecule has 0 atom stereocenters. The number of amides is 1. The molecule has 1 fully saturated rings. The van der Waals surface area contributed by atoms with Crippen LogP contribution in [0.25, 0.3) is 10.9 Å². The Morgan fingerprint density at radius 3 is 2.80 bits per heavy atom. The van der Waals surface area contributed by atoms with Crippen molar-refractivity contribution in [2.24, 2.45) is 0 Å². The van der Waals surface area contributed by atoms with Crippen molar-refractivity contribution in [3.05, 3.63) is 77.0 Å². The van der Waals surface area contributed by atoms with Gasteiger partial charge in [0, 0.05) is 23.5 Å². The summed E-state index contributed by atoms with van der Waals surface area (Å²) in [4.78, 5) is 17.5. The van der Waals surface area contributed by atoms with Crippen LogP contribution in [0.1, 0.15) is 45.9 Å². The maximum atomic E-state index is 12.8. The first-order chi connectivity index (χ1) is 12.2. The number of benzene rings is 2. The summed E-state index contributed by atoms with van der Waals surface area (Å²) in [5, 5.41) is 12.8. The summed E-state index contributed by atoms with van der Waals surface area (Å²) in [6, 6.07) is 19.1. The standard InChI is InChI=1S/C21H17N3O/c22-12-14-4-3-5-15(10-14)13-23-21(25)18-11-20(16-8-9-16)24-19-7-2-1-6-17(18)19/h1-7,10-11,16H,8-9,13H2,(H,23,25). The van der Waals surface area contributed by atoms with Crippen LogP contribution >= 0.6 is 0 Å². The SMILES string of the molecule is N#Cc1cccc(CNC(=O)c2cc(C3CC3)nc3ccccc23)c1. The molecule has 1 aromatic heterocycles. The Bertz CT molecular complexity index is 999. The third-order valence-corrected chi connectivity index (χ3v) is 4.49. The molecule has 1 saturated carbocycles. The summed E-state index contributed by atoms with van der Waals surface area (Å²) in [6.07, 6.45) is 2.29. The number of para-hydroxylation sites is 1. The van der Waals surface area contributed by atoms with Gasteiger partial charge in [0.25, 0.3) is 5.91 Å². The zero-order valence-corrected chi connectivity index (χ0v) is 13.7. The average molecular weight is 327 g/mol. The number of hydrogen-bond acceptors (Lipinski definition) is 3. The summed E-state index contributed by atoms with van der Waals surface area (Å²) < 4.78 is 0. The van der Waals surface area contributed by atoms with E-state index in [-0.39, 0.29) is 5.91 Å². The van der Waals surface area contributed by atoms with E-state index in [4.69, 9.17) is 10.2 Å². The van der Waals surface area contributed by atoms with Gasteiger partial charge in [-0.05, 0) is 42.7 Å². The van der Waals surface area contributed by atoms with E-state index in [1.807, 2.05) is 42.5 Å². The fraction of sp³-hybridized carbons (Fsp3) is 0.190. The van der Waals surface area contributed by atoms with Crippen molar-refractivity contribution in [2.45, 2.75) is 25.3 Å². The van der Waals surface area contributed by atoms with E-state index in [2.05, 4.69) is 11.4 Å². The first-order valence-electron chi connectivity index (χ1n) is 8.41. The number of nitriles is 1. The lowest BCUT2D eigenvalue weighted by atomic mass is 10.0. The molecule has 0 aliphatic heterocycles. The second kappa shape index (κ2) is 6.37. The molecule has 0 saturated heterocycles. The highest BCUT2D eigenvalue weighted by atomic mass is 16.1. The van der Waals surface area contributed by atoms with Crippen molar-refractivity contribution in [3.63, 3.8) is 0 Å². The highest BCUT2D eigenvalue weighted by molar-refractivity contribution is 6.06. The molecule has 0 radical (unpaired) electrons. The average Bonchev–Trinajstić information content (AvgIpc) is 3.50. The first kappa shape index (κ1) is 15.3. The third kappa shape index (κ3) is 3.22. The molecule has 1 amide bonds. The van der Waals surface area contributed by atoms with Crippen LogP contribution in [0, 0.1) is 11.3 Å². The molecule has 0 spiro atoms. The number of nitrogens with one attached hydrogen (secondary N) is 1. The number of aromatic nitrogens is 1. The first-order valence-corrected chi connectivity index (χ1v) is 8.41. The highest BCUT2D eigenvalue weighted by Crippen LogP contribution is 2.40. The van der Waals surface area contributed by atoms with Crippen molar-refractivity contribution < 1.29 is 4.79 Å². The number of pyridine rings is 1. The molecule has 4 heteroatoms. The number of fused-ring (bicyclic) bond motifs is 1. The molecule has 0 bridgehead atoms. The molecule has 25 heavy (non-hydrogen) atoms. The maximum Gasteiger partial charge on any atom is 0.252 e. The van der Waals surface area contributed by atoms with E-state index < -0.39 is 0 Å². The molecule has 1 aliphatic carbocycles. The molecule has 1 aliphatic rings. The Morgan fingerprint density at radius 2 is 2.00 bits per heavy atom. The summed E-state index contributed by atoms with van der Waals surface area (Å²) in [6.45, 7) is 0.393. The Hall–Kier alpha value is -3.19. The number of nitrogens with zero attached hydrogens (tertiary/aromatic N) is 2. The Morgan fingerprint density at radius 1 is 1.16 bits per heavy atom. The van der Waals surface area contributed by atoms with Crippen LogP contribution in [-0.2, 0) is 6.54 Å². The van der Waals surface area contributed by atoms with Gasteiger partial charge in [-0.25, -0.2) is 0 Å². The minimum Gasteiger partial charge on any atom is -0.348 e. The van der Waals surface area contributed by atoms with Crippen LogP contribution in [0.5, 0.6) is 0 Å². The van der Waals surface area contributed by atoms with Crippen molar-refractivity contribution in [1.29, 1.82) is 5.26 Å². The van der Waals surface area contributed by atoms with E-state index in [1.165, 1.54) is 0 Å². The number of rotatable bonds is 4. The third-order valence-electron chi connectivity index (χ3n) is 4.49. The van der Waals surface area contributed by atoms with Gasteiger partial charge in [0.2, 0.25) is 0 Å². The Labute approximate surface area is 146 Å². The van der Waals surface area contributed by atoms with Crippen LogP contribution < -0.4 is 5.32 Å². The number of hydrogen-bond donors (Lipinski definition) is 1. The van der Waals surface area contributed by atoms with Crippen molar-refractivity contribution in [3.8, 4) is 6.07 Å². The zero-order valence-electron chi connectivity index (χ0n) is 13.7. The number of carbonyl (C=O) groups is 1. The molecule has 4 nitrogen and oxygen atoms in total. The molecular formula is C21H17N3O. The molecule has 122 valence electrons. The van der Waals surface area contributed by atoms with Crippen molar-refractivity contribution >= 4 is 16.8 Å². The van der Waals surface area contributed by atoms with Gasteiger partial charge in [-0.3, -0.25) is 9.78 Å². The van der Waals surface area contributed by atoms with E-state index >= 15 is 0 Å². The molecular weight excluding hydrogens is 310 g/mol. The van der Waals surface area contributed by atoms with E-state index in [0.717, 1.165) is 35.0 Å².